The van der Waals surface area contributed by atoms with E-state index in [1.54, 1.807) is 24.2 Å². The molecule has 1 aromatic carbocycles. The molecule has 0 saturated heterocycles. The van der Waals surface area contributed by atoms with Crippen LogP contribution in [-0.4, -0.2) is 27.6 Å². The van der Waals surface area contributed by atoms with Gasteiger partial charge in [-0.15, -0.1) is 0 Å². The van der Waals surface area contributed by atoms with Crippen LogP contribution in [0.25, 0.3) is 0 Å². The summed E-state index contributed by atoms with van der Waals surface area (Å²) in [5, 5.41) is 4.67. The van der Waals surface area contributed by atoms with E-state index in [1.165, 1.54) is 4.68 Å². The molecule has 0 radical (unpaired) electrons. The molecule has 1 amide bonds. The Balaban J connectivity index is 2.06. The summed E-state index contributed by atoms with van der Waals surface area (Å²) in [6.07, 6.45) is 1.69. The maximum Gasteiger partial charge on any atom is 0.244 e. The summed E-state index contributed by atoms with van der Waals surface area (Å²) in [5.74, 6) is 0.365. The minimum absolute atomic E-state index is 0.0411. The quantitative estimate of drug-likeness (QED) is 0.941. The maximum atomic E-state index is 12.2. The molecule has 6 heteroatoms. The molecule has 0 fully saturated rings. The van der Waals surface area contributed by atoms with Crippen LogP contribution in [0.2, 0.25) is 5.02 Å². The number of likely N-dealkylation sites (N-methyl/N-ethyl adjacent to an activating group) is 1. The molecule has 20 heavy (non-hydrogen) atoms. The zero-order valence-corrected chi connectivity index (χ0v) is 12.2. The summed E-state index contributed by atoms with van der Waals surface area (Å²) in [7, 11) is 1.76. The van der Waals surface area contributed by atoms with E-state index >= 15 is 0 Å². The predicted octanol–water partition coefficient (Wildman–Crippen LogP) is 2.34. The molecule has 0 aliphatic heterocycles. The summed E-state index contributed by atoms with van der Waals surface area (Å²) < 4.78 is 1.53. The zero-order chi connectivity index (χ0) is 14.7. The van der Waals surface area contributed by atoms with Crippen molar-refractivity contribution in [3.63, 3.8) is 0 Å². The molecule has 5 nitrogen and oxygen atoms in total. The van der Waals surface area contributed by atoms with Crippen molar-refractivity contribution in [3.05, 3.63) is 47.1 Å². The first-order valence-electron chi connectivity index (χ1n) is 6.27. The number of aromatic nitrogens is 2. The van der Waals surface area contributed by atoms with Crippen LogP contribution in [0.3, 0.4) is 0 Å². The normalized spacial score (nSPS) is 12.2. The van der Waals surface area contributed by atoms with Crippen LogP contribution in [0, 0.1) is 0 Å². The minimum Gasteiger partial charge on any atom is -0.382 e. The van der Waals surface area contributed by atoms with Crippen molar-refractivity contribution in [1.29, 1.82) is 0 Å². The summed E-state index contributed by atoms with van der Waals surface area (Å²) in [4.78, 5) is 13.9. The second kappa shape index (κ2) is 5.96. The lowest BCUT2D eigenvalue weighted by Crippen LogP contribution is -2.32. The van der Waals surface area contributed by atoms with Gasteiger partial charge in [-0.25, -0.2) is 0 Å². The smallest absolute Gasteiger partial charge is 0.244 e. The lowest BCUT2D eigenvalue weighted by atomic mass is 10.1. The van der Waals surface area contributed by atoms with Gasteiger partial charge in [0, 0.05) is 18.3 Å². The lowest BCUT2D eigenvalue weighted by molar-refractivity contribution is -0.132. The first-order chi connectivity index (χ1) is 9.47. The zero-order valence-electron chi connectivity index (χ0n) is 11.5. The van der Waals surface area contributed by atoms with Gasteiger partial charge >= 0.3 is 0 Å². The molecular weight excluding hydrogens is 276 g/mol. The molecular formula is C14H17ClN4O. The van der Waals surface area contributed by atoms with E-state index in [4.69, 9.17) is 17.3 Å². The SMILES string of the molecule is CC(c1cccc(Cl)c1)N(C)C(=O)Cn1ccc(N)n1. The van der Waals surface area contributed by atoms with Gasteiger partial charge in [0.2, 0.25) is 5.91 Å². The lowest BCUT2D eigenvalue weighted by Gasteiger charge is -2.25. The first-order valence-corrected chi connectivity index (χ1v) is 6.65. The molecule has 2 N–H and O–H groups in total. The fraction of sp³-hybridized carbons (Fsp3) is 0.286. The second-order valence-electron chi connectivity index (χ2n) is 4.67. The average molecular weight is 293 g/mol. The molecule has 2 rings (SSSR count). The molecule has 1 heterocycles. The molecule has 0 spiro atoms. The Morgan fingerprint density at radius 3 is 2.85 bits per heavy atom. The van der Waals surface area contributed by atoms with Crippen molar-refractivity contribution in [1.82, 2.24) is 14.7 Å². The van der Waals surface area contributed by atoms with E-state index in [0.717, 1.165) is 5.56 Å². The van der Waals surface area contributed by atoms with Gasteiger partial charge in [0.05, 0.1) is 6.04 Å². The van der Waals surface area contributed by atoms with Crippen molar-refractivity contribution in [2.24, 2.45) is 0 Å². The van der Waals surface area contributed by atoms with E-state index in [9.17, 15) is 4.79 Å². The molecule has 1 unspecified atom stereocenters. The second-order valence-corrected chi connectivity index (χ2v) is 5.11. The fourth-order valence-electron chi connectivity index (χ4n) is 1.92. The third-order valence-corrected chi connectivity index (χ3v) is 3.50. The number of anilines is 1. The molecule has 1 aromatic heterocycles. The number of halogens is 1. The molecule has 0 aliphatic rings. The molecule has 1 atom stereocenters. The van der Waals surface area contributed by atoms with E-state index in [0.29, 0.717) is 10.8 Å². The summed E-state index contributed by atoms with van der Waals surface area (Å²) in [5.41, 5.74) is 6.52. The van der Waals surface area contributed by atoms with Crippen LogP contribution in [0.4, 0.5) is 5.82 Å². The number of hydrogen-bond acceptors (Lipinski definition) is 3. The number of nitrogens with two attached hydrogens (primary N) is 1. The van der Waals surface area contributed by atoms with E-state index in [-0.39, 0.29) is 18.5 Å². The Labute approximate surface area is 122 Å². The monoisotopic (exact) mass is 292 g/mol. The molecule has 0 aliphatic carbocycles. The van der Waals surface area contributed by atoms with Crippen LogP contribution >= 0.6 is 11.6 Å². The van der Waals surface area contributed by atoms with Gasteiger partial charge in [0.15, 0.2) is 0 Å². The highest BCUT2D eigenvalue weighted by Gasteiger charge is 2.18. The highest BCUT2D eigenvalue weighted by Crippen LogP contribution is 2.22. The van der Waals surface area contributed by atoms with Gasteiger partial charge in [-0.1, -0.05) is 23.7 Å². The summed E-state index contributed by atoms with van der Waals surface area (Å²) >= 11 is 5.97. The predicted molar refractivity (Wildman–Crippen MR) is 79.3 cm³/mol. The van der Waals surface area contributed by atoms with Gasteiger partial charge in [-0.2, -0.15) is 5.10 Å². The number of benzene rings is 1. The number of hydrogen-bond donors (Lipinski definition) is 1. The van der Waals surface area contributed by atoms with Gasteiger partial charge in [0.25, 0.3) is 0 Å². The van der Waals surface area contributed by atoms with Gasteiger partial charge in [-0.05, 0) is 30.7 Å². The van der Waals surface area contributed by atoms with E-state index in [1.807, 2.05) is 31.2 Å². The van der Waals surface area contributed by atoms with Crippen LogP contribution in [-0.2, 0) is 11.3 Å². The molecule has 2 aromatic rings. The molecule has 106 valence electrons. The fourth-order valence-corrected chi connectivity index (χ4v) is 2.12. The van der Waals surface area contributed by atoms with Gasteiger partial charge < -0.3 is 10.6 Å². The standard InChI is InChI=1S/C14H17ClN4O/c1-10(11-4-3-5-12(15)8-11)18(2)14(20)9-19-7-6-13(16)17-19/h3-8,10H,9H2,1-2H3,(H2,16,17). The van der Waals surface area contributed by atoms with Crippen molar-refractivity contribution in [2.45, 2.75) is 19.5 Å². The Bertz CT molecular complexity index is 611. The summed E-state index contributed by atoms with van der Waals surface area (Å²) in [6.45, 7) is 2.12. The van der Waals surface area contributed by atoms with Gasteiger partial charge in [0.1, 0.15) is 12.4 Å². The summed E-state index contributed by atoms with van der Waals surface area (Å²) in [6, 6.07) is 9.10. The topological polar surface area (TPSA) is 64.2 Å². The van der Waals surface area contributed by atoms with Crippen molar-refractivity contribution < 1.29 is 4.79 Å². The third kappa shape index (κ3) is 3.30. The highest BCUT2D eigenvalue weighted by atomic mass is 35.5. The minimum atomic E-state index is -0.0610. The Hall–Kier alpha value is -2.01. The van der Waals surface area contributed by atoms with Gasteiger partial charge in [-0.3, -0.25) is 9.48 Å². The van der Waals surface area contributed by atoms with Crippen LogP contribution < -0.4 is 5.73 Å². The first kappa shape index (κ1) is 14.4. The Morgan fingerprint density at radius 2 is 2.25 bits per heavy atom. The number of nitrogen functional groups attached to an aromatic ring is 1. The average Bonchev–Trinajstić information content (AvgIpc) is 2.82. The van der Waals surface area contributed by atoms with E-state index in [2.05, 4.69) is 5.10 Å². The highest BCUT2D eigenvalue weighted by molar-refractivity contribution is 6.30. The maximum absolute atomic E-state index is 12.2. The molecule has 0 bridgehead atoms. The third-order valence-electron chi connectivity index (χ3n) is 3.26. The van der Waals surface area contributed by atoms with Crippen molar-refractivity contribution in [3.8, 4) is 0 Å². The Morgan fingerprint density at radius 1 is 1.50 bits per heavy atom. The van der Waals surface area contributed by atoms with Crippen LogP contribution in [0.5, 0.6) is 0 Å². The van der Waals surface area contributed by atoms with E-state index < -0.39 is 0 Å². The van der Waals surface area contributed by atoms with Crippen molar-refractivity contribution in [2.75, 3.05) is 12.8 Å². The number of carbonyl (C=O) groups excluding carboxylic acids is 1. The largest absolute Gasteiger partial charge is 0.382 e. The number of rotatable bonds is 4. The van der Waals surface area contributed by atoms with Crippen LogP contribution in [0.15, 0.2) is 36.5 Å². The Kier molecular flexibility index (Phi) is 4.29. The number of carbonyl (C=O) groups is 1. The van der Waals surface area contributed by atoms with Crippen LogP contribution in [0.1, 0.15) is 18.5 Å². The number of amides is 1. The van der Waals surface area contributed by atoms with Crippen molar-refractivity contribution >= 4 is 23.3 Å². The molecule has 0 saturated carbocycles. The number of nitrogens with zero attached hydrogens (tertiary/aromatic N) is 3.